The lowest BCUT2D eigenvalue weighted by atomic mass is 10.1. The molecule has 3 aromatic rings. The molecule has 1 heterocycles. The normalized spacial score (nSPS) is 11.1. The van der Waals surface area contributed by atoms with E-state index in [0.717, 1.165) is 16.9 Å². The molecule has 0 amide bonds. The van der Waals surface area contributed by atoms with Crippen LogP contribution < -0.4 is 5.32 Å². The van der Waals surface area contributed by atoms with Crippen LogP contribution in [0.4, 0.5) is 5.69 Å². The number of halogens is 1. The fourth-order valence-corrected chi connectivity index (χ4v) is 3.02. The third kappa shape index (κ3) is 3.83. The number of nitrogens with one attached hydrogen (secondary N) is 1. The van der Waals surface area contributed by atoms with E-state index in [4.69, 9.17) is 11.6 Å². The minimum atomic E-state index is 0.494. The average molecular weight is 352 g/mol. The van der Waals surface area contributed by atoms with Gasteiger partial charge < -0.3 is 5.32 Å². The Hall–Kier alpha value is -2.61. The minimum absolute atomic E-state index is 0.494. The Kier molecular flexibility index (Phi) is 4.95. The lowest BCUT2D eigenvalue weighted by Crippen LogP contribution is -1.90. The van der Waals surface area contributed by atoms with Crippen molar-refractivity contribution in [3.05, 3.63) is 75.7 Å². The third-order valence-corrected chi connectivity index (χ3v) is 4.56. The van der Waals surface area contributed by atoms with Crippen LogP contribution in [-0.2, 0) is 0 Å². The number of hydrogen-bond acceptors (Lipinski definition) is 4. The van der Waals surface area contributed by atoms with Gasteiger partial charge in [-0.3, -0.25) is 0 Å². The highest BCUT2D eigenvalue weighted by Crippen LogP contribution is 2.26. The average Bonchev–Trinajstić information content (AvgIpc) is 3.08. The molecule has 1 N–H and O–H groups in total. The number of nitriles is 1. The second-order valence-corrected chi connectivity index (χ2v) is 6.52. The van der Waals surface area contributed by atoms with Crippen molar-refractivity contribution in [3.8, 4) is 17.3 Å². The van der Waals surface area contributed by atoms with Crippen molar-refractivity contribution in [3.63, 3.8) is 0 Å². The largest absolute Gasteiger partial charge is 0.360 e. The molecule has 118 valence electrons. The van der Waals surface area contributed by atoms with E-state index in [-0.39, 0.29) is 0 Å². The van der Waals surface area contributed by atoms with Crippen molar-refractivity contribution in [2.45, 2.75) is 6.92 Å². The molecule has 0 fully saturated rings. The fourth-order valence-electron chi connectivity index (χ4n) is 2.10. The third-order valence-electron chi connectivity index (χ3n) is 3.43. The zero-order valence-electron chi connectivity index (χ0n) is 13.0. The van der Waals surface area contributed by atoms with E-state index in [1.807, 2.05) is 29.6 Å². The van der Waals surface area contributed by atoms with Gasteiger partial charge in [-0.15, -0.1) is 11.3 Å². The number of anilines is 1. The molecule has 0 saturated carbocycles. The zero-order valence-corrected chi connectivity index (χ0v) is 14.5. The highest BCUT2D eigenvalue weighted by atomic mass is 35.5. The summed E-state index contributed by atoms with van der Waals surface area (Å²) < 4.78 is 0. The maximum absolute atomic E-state index is 9.41. The molecule has 0 aliphatic rings. The van der Waals surface area contributed by atoms with Crippen LogP contribution in [0.2, 0.25) is 5.02 Å². The molecule has 5 heteroatoms. The Morgan fingerprint density at radius 2 is 1.88 bits per heavy atom. The van der Waals surface area contributed by atoms with Crippen LogP contribution in [-0.4, -0.2) is 4.98 Å². The number of rotatable bonds is 4. The molecule has 0 bridgehead atoms. The van der Waals surface area contributed by atoms with Gasteiger partial charge in [0.05, 0.1) is 5.69 Å². The molecule has 0 aliphatic carbocycles. The van der Waals surface area contributed by atoms with E-state index in [9.17, 15) is 5.26 Å². The summed E-state index contributed by atoms with van der Waals surface area (Å²) in [4.78, 5) is 4.57. The summed E-state index contributed by atoms with van der Waals surface area (Å²) in [7, 11) is 0. The zero-order chi connectivity index (χ0) is 16.9. The van der Waals surface area contributed by atoms with Crippen LogP contribution in [0.3, 0.4) is 0 Å². The van der Waals surface area contributed by atoms with Crippen molar-refractivity contribution in [2.75, 3.05) is 5.32 Å². The first-order valence-corrected chi connectivity index (χ1v) is 8.57. The summed E-state index contributed by atoms with van der Waals surface area (Å²) in [5.41, 5.74) is 4.49. The number of aromatic nitrogens is 1. The van der Waals surface area contributed by atoms with Crippen LogP contribution in [0.1, 0.15) is 10.6 Å². The van der Waals surface area contributed by atoms with Gasteiger partial charge in [0.15, 0.2) is 0 Å². The molecular formula is C19H14ClN3S. The van der Waals surface area contributed by atoms with Crippen LogP contribution in [0, 0.1) is 18.3 Å². The lowest BCUT2D eigenvalue weighted by molar-refractivity contribution is 1.36. The van der Waals surface area contributed by atoms with Gasteiger partial charge in [0.1, 0.15) is 16.6 Å². The monoisotopic (exact) mass is 351 g/mol. The fraction of sp³-hybridized carbons (Fsp3) is 0.0526. The number of hydrogen-bond donors (Lipinski definition) is 1. The van der Waals surface area contributed by atoms with E-state index in [0.29, 0.717) is 15.6 Å². The standard InChI is InChI=1S/C19H14ClN3S/c1-13-2-4-14(5-3-13)18-12-24-19(23-18)15(10-21)11-22-17-8-6-16(20)7-9-17/h2-9,11-12,22H,1H3. The molecule has 2 aromatic carbocycles. The molecule has 0 saturated heterocycles. The van der Waals surface area contributed by atoms with Gasteiger partial charge in [0.2, 0.25) is 0 Å². The molecule has 0 unspecified atom stereocenters. The highest BCUT2D eigenvalue weighted by Gasteiger charge is 2.08. The molecule has 0 radical (unpaired) electrons. The molecule has 3 rings (SSSR count). The van der Waals surface area contributed by atoms with Crippen LogP contribution in [0.5, 0.6) is 0 Å². The maximum Gasteiger partial charge on any atom is 0.136 e. The van der Waals surface area contributed by atoms with Gasteiger partial charge in [-0.1, -0.05) is 41.4 Å². The van der Waals surface area contributed by atoms with Crippen LogP contribution >= 0.6 is 22.9 Å². The Balaban J connectivity index is 1.81. The first-order chi connectivity index (χ1) is 11.7. The molecule has 24 heavy (non-hydrogen) atoms. The first-order valence-electron chi connectivity index (χ1n) is 7.31. The van der Waals surface area contributed by atoms with E-state index in [1.54, 1.807) is 18.3 Å². The molecule has 0 atom stereocenters. The molecular weight excluding hydrogens is 338 g/mol. The van der Waals surface area contributed by atoms with Crippen molar-refractivity contribution in [2.24, 2.45) is 0 Å². The predicted molar refractivity (Wildman–Crippen MR) is 101 cm³/mol. The van der Waals surface area contributed by atoms with Crippen molar-refractivity contribution in [1.82, 2.24) is 4.98 Å². The summed E-state index contributed by atoms with van der Waals surface area (Å²) in [5, 5.41) is 15.8. The van der Waals surface area contributed by atoms with Crippen molar-refractivity contribution in [1.29, 1.82) is 5.26 Å². The second kappa shape index (κ2) is 7.31. The topological polar surface area (TPSA) is 48.7 Å². The van der Waals surface area contributed by atoms with Gasteiger partial charge in [-0.2, -0.15) is 5.26 Å². The number of thiazole rings is 1. The van der Waals surface area contributed by atoms with Crippen molar-refractivity contribution < 1.29 is 0 Å². The smallest absolute Gasteiger partial charge is 0.136 e. The van der Waals surface area contributed by atoms with Gasteiger partial charge in [0.25, 0.3) is 0 Å². The highest BCUT2D eigenvalue weighted by molar-refractivity contribution is 7.11. The van der Waals surface area contributed by atoms with E-state index in [2.05, 4.69) is 35.4 Å². The van der Waals surface area contributed by atoms with E-state index in [1.165, 1.54) is 16.9 Å². The molecule has 0 aliphatic heterocycles. The summed E-state index contributed by atoms with van der Waals surface area (Å²) in [6.07, 6.45) is 1.67. The second-order valence-electron chi connectivity index (χ2n) is 5.22. The van der Waals surface area contributed by atoms with E-state index < -0.39 is 0 Å². The predicted octanol–water partition coefficient (Wildman–Crippen LogP) is 5.75. The lowest BCUT2D eigenvalue weighted by Gasteiger charge is -2.01. The molecule has 0 spiro atoms. The Bertz CT molecular complexity index is 903. The maximum atomic E-state index is 9.41. The van der Waals surface area contributed by atoms with E-state index >= 15 is 0 Å². The Morgan fingerprint density at radius 3 is 2.54 bits per heavy atom. The van der Waals surface area contributed by atoms with Crippen molar-refractivity contribution >= 4 is 34.2 Å². The quantitative estimate of drug-likeness (QED) is 0.609. The Labute approximate surface area is 149 Å². The summed E-state index contributed by atoms with van der Waals surface area (Å²) in [6.45, 7) is 2.05. The number of allylic oxidation sites excluding steroid dienone is 1. The Morgan fingerprint density at radius 1 is 1.17 bits per heavy atom. The molecule has 1 aromatic heterocycles. The number of benzene rings is 2. The van der Waals surface area contributed by atoms with Gasteiger partial charge in [-0.05, 0) is 31.2 Å². The SMILES string of the molecule is Cc1ccc(-c2csc(C(C#N)=CNc3ccc(Cl)cc3)n2)cc1. The molecule has 3 nitrogen and oxygen atoms in total. The first kappa shape index (κ1) is 16.3. The van der Waals surface area contributed by atoms with Crippen LogP contribution in [0.25, 0.3) is 16.8 Å². The summed E-state index contributed by atoms with van der Waals surface area (Å²) in [5.74, 6) is 0. The minimum Gasteiger partial charge on any atom is -0.360 e. The van der Waals surface area contributed by atoms with Gasteiger partial charge >= 0.3 is 0 Å². The summed E-state index contributed by atoms with van der Waals surface area (Å²) >= 11 is 7.32. The van der Waals surface area contributed by atoms with Gasteiger partial charge in [-0.25, -0.2) is 4.98 Å². The summed E-state index contributed by atoms with van der Waals surface area (Å²) in [6, 6.07) is 17.7. The number of aryl methyl sites for hydroxylation is 1. The van der Waals surface area contributed by atoms with Gasteiger partial charge in [0, 0.05) is 27.9 Å². The van der Waals surface area contributed by atoms with Crippen LogP contribution in [0.15, 0.2) is 60.1 Å². The number of nitrogens with zero attached hydrogens (tertiary/aromatic N) is 2.